The Morgan fingerprint density at radius 2 is 1.95 bits per heavy atom. The molecule has 114 valence electrons. The highest BCUT2D eigenvalue weighted by Gasteiger charge is 2.22. The Morgan fingerprint density at radius 3 is 2.57 bits per heavy atom. The third-order valence-electron chi connectivity index (χ3n) is 4.15. The van der Waals surface area contributed by atoms with Crippen molar-refractivity contribution in [2.45, 2.75) is 33.1 Å². The number of carbonyl (C=O) groups is 1. The molecule has 1 fully saturated rings. The Balaban J connectivity index is 2.12. The number of rotatable bonds is 4. The number of carbonyl (C=O) groups excluding carboxylic acids is 1. The number of anilines is 1. The van der Waals surface area contributed by atoms with Gasteiger partial charge in [-0.15, -0.1) is 0 Å². The molecular weight excluding hydrogens is 270 g/mol. The van der Waals surface area contributed by atoms with Crippen LogP contribution in [-0.2, 0) is 4.79 Å². The molecule has 21 heavy (non-hydrogen) atoms. The lowest BCUT2D eigenvalue weighted by molar-refractivity contribution is -0.896. The van der Waals surface area contributed by atoms with Crippen LogP contribution in [-0.4, -0.2) is 30.5 Å². The van der Waals surface area contributed by atoms with Crippen LogP contribution >= 0.6 is 0 Å². The Labute approximate surface area is 124 Å². The van der Waals surface area contributed by atoms with Gasteiger partial charge in [0.05, 0.1) is 18.0 Å². The summed E-state index contributed by atoms with van der Waals surface area (Å²) >= 11 is 0. The lowest BCUT2D eigenvalue weighted by atomic mass is 10.1. The number of likely N-dealkylation sites (tertiary alicyclic amines) is 1. The van der Waals surface area contributed by atoms with E-state index in [0.29, 0.717) is 12.2 Å². The number of aryl methyl sites for hydroxylation is 1. The fourth-order valence-corrected chi connectivity index (χ4v) is 2.75. The number of quaternary nitrogens is 1. The van der Waals surface area contributed by atoms with Crippen molar-refractivity contribution in [3.05, 3.63) is 33.4 Å². The zero-order valence-corrected chi connectivity index (χ0v) is 12.6. The molecule has 1 aliphatic heterocycles. The third-order valence-corrected chi connectivity index (χ3v) is 4.15. The average molecular weight is 292 g/mol. The standard InChI is InChI=1S/C15H21N3O3/c1-11-6-7-13(18(20)21)15(12(11)2)16-14(19)10-17-8-4-3-5-9-17/h6-7H,3-5,8-10H2,1-2H3,(H,16,19)/p+1. The van der Waals surface area contributed by atoms with Crippen LogP contribution < -0.4 is 10.2 Å². The fraction of sp³-hybridized carbons (Fsp3) is 0.533. The van der Waals surface area contributed by atoms with Gasteiger partial charge >= 0.3 is 0 Å². The van der Waals surface area contributed by atoms with Crippen molar-refractivity contribution in [1.29, 1.82) is 0 Å². The molecular formula is C15H22N3O3+. The van der Waals surface area contributed by atoms with Crippen molar-refractivity contribution < 1.29 is 14.6 Å². The molecule has 0 atom stereocenters. The Hall–Kier alpha value is -1.95. The van der Waals surface area contributed by atoms with Crippen LogP contribution in [0.5, 0.6) is 0 Å². The molecule has 1 aromatic carbocycles. The van der Waals surface area contributed by atoms with Crippen molar-refractivity contribution >= 4 is 17.3 Å². The van der Waals surface area contributed by atoms with Crippen molar-refractivity contribution in [3.8, 4) is 0 Å². The van der Waals surface area contributed by atoms with Gasteiger partial charge in [0, 0.05) is 6.07 Å². The van der Waals surface area contributed by atoms with E-state index in [-0.39, 0.29) is 11.6 Å². The third kappa shape index (κ3) is 3.78. The van der Waals surface area contributed by atoms with Gasteiger partial charge in [-0.2, -0.15) is 0 Å². The van der Waals surface area contributed by atoms with Gasteiger partial charge < -0.3 is 10.2 Å². The summed E-state index contributed by atoms with van der Waals surface area (Å²) < 4.78 is 0. The van der Waals surface area contributed by atoms with Crippen LogP contribution in [0.3, 0.4) is 0 Å². The molecule has 2 rings (SSSR count). The zero-order chi connectivity index (χ0) is 15.4. The minimum absolute atomic E-state index is 0.0416. The molecule has 1 heterocycles. The molecule has 6 nitrogen and oxygen atoms in total. The summed E-state index contributed by atoms with van der Waals surface area (Å²) in [5.41, 5.74) is 1.98. The molecule has 0 unspecified atom stereocenters. The lowest BCUT2D eigenvalue weighted by Gasteiger charge is -2.23. The molecule has 1 aromatic rings. The largest absolute Gasteiger partial charge is 0.327 e. The van der Waals surface area contributed by atoms with Gasteiger partial charge in [0.2, 0.25) is 0 Å². The molecule has 1 aliphatic rings. The van der Waals surface area contributed by atoms with Crippen molar-refractivity contribution in [2.24, 2.45) is 0 Å². The summed E-state index contributed by atoms with van der Waals surface area (Å²) in [7, 11) is 0. The number of nitro benzene ring substituents is 1. The average Bonchev–Trinajstić information content (AvgIpc) is 2.44. The van der Waals surface area contributed by atoms with Crippen LogP contribution in [0.4, 0.5) is 11.4 Å². The molecule has 1 saturated heterocycles. The smallest absolute Gasteiger partial charge is 0.293 e. The first-order valence-corrected chi connectivity index (χ1v) is 7.37. The van der Waals surface area contributed by atoms with E-state index in [9.17, 15) is 14.9 Å². The van der Waals surface area contributed by atoms with E-state index in [1.807, 2.05) is 6.92 Å². The van der Waals surface area contributed by atoms with E-state index >= 15 is 0 Å². The van der Waals surface area contributed by atoms with Gasteiger partial charge in [0.25, 0.3) is 11.6 Å². The lowest BCUT2D eigenvalue weighted by Crippen LogP contribution is -3.13. The van der Waals surface area contributed by atoms with Crippen molar-refractivity contribution in [3.63, 3.8) is 0 Å². The number of benzene rings is 1. The molecule has 0 aromatic heterocycles. The van der Waals surface area contributed by atoms with E-state index in [0.717, 1.165) is 37.1 Å². The molecule has 1 amide bonds. The Morgan fingerprint density at radius 1 is 1.29 bits per heavy atom. The molecule has 0 radical (unpaired) electrons. The van der Waals surface area contributed by atoms with Crippen molar-refractivity contribution in [2.75, 3.05) is 25.0 Å². The van der Waals surface area contributed by atoms with E-state index in [2.05, 4.69) is 5.32 Å². The van der Waals surface area contributed by atoms with Crippen LogP contribution in [0.15, 0.2) is 12.1 Å². The maximum atomic E-state index is 12.2. The number of nitro groups is 1. The summed E-state index contributed by atoms with van der Waals surface area (Å²) in [6.07, 6.45) is 3.52. The van der Waals surface area contributed by atoms with Crippen LogP contribution in [0.2, 0.25) is 0 Å². The minimum atomic E-state index is -0.449. The maximum Gasteiger partial charge on any atom is 0.293 e. The first-order valence-electron chi connectivity index (χ1n) is 7.37. The summed E-state index contributed by atoms with van der Waals surface area (Å²) in [5, 5.41) is 13.9. The molecule has 0 spiro atoms. The second-order valence-corrected chi connectivity index (χ2v) is 5.69. The highest BCUT2D eigenvalue weighted by molar-refractivity contribution is 5.95. The monoisotopic (exact) mass is 292 g/mol. The second-order valence-electron chi connectivity index (χ2n) is 5.69. The number of hydrogen-bond donors (Lipinski definition) is 2. The van der Waals surface area contributed by atoms with Gasteiger partial charge in [-0.05, 0) is 44.2 Å². The van der Waals surface area contributed by atoms with Crippen LogP contribution in [0.25, 0.3) is 0 Å². The van der Waals surface area contributed by atoms with E-state index in [1.165, 1.54) is 17.4 Å². The Bertz CT molecular complexity index is 551. The summed E-state index contributed by atoms with van der Waals surface area (Å²) in [4.78, 5) is 24.1. The number of piperidine rings is 1. The molecule has 6 heteroatoms. The summed E-state index contributed by atoms with van der Waals surface area (Å²) in [6, 6.07) is 3.16. The number of amides is 1. The maximum absolute atomic E-state index is 12.2. The predicted octanol–water partition coefficient (Wildman–Crippen LogP) is 1.22. The van der Waals surface area contributed by atoms with Gasteiger partial charge in [-0.25, -0.2) is 0 Å². The number of nitrogens with one attached hydrogen (secondary N) is 2. The number of nitrogens with zero attached hydrogens (tertiary/aromatic N) is 1. The molecule has 0 saturated carbocycles. The molecule has 2 N–H and O–H groups in total. The second kappa shape index (κ2) is 6.67. The van der Waals surface area contributed by atoms with E-state index < -0.39 is 4.92 Å². The predicted molar refractivity (Wildman–Crippen MR) is 80.6 cm³/mol. The van der Waals surface area contributed by atoms with Crippen molar-refractivity contribution in [1.82, 2.24) is 0 Å². The fourth-order valence-electron chi connectivity index (χ4n) is 2.75. The highest BCUT2D eigenvalue weighted by atomic mass is 16.6. The molecule has 0 aliphatic carbocycles. The number of hydrogen-bond acceptors (Lipinski definition) is 3. The zero-order valence-electron chi connectivity index (χ0n) is 12.6. The first kappa shape index (κ1) is 15.4. The summed E-state index contributed by atoms with van der Waals surface area (Å²) in [6.45, 7) is 6.06. The SMILES string of the molecule is Cc1ccc([N+](=O)[O-])c(NC(=O)C[NH+]2CCCCC2)c1C. The highest BCUT2D eigenvalue weighted by Crippen LogP contribution is 2.29. The Kier molecular flexibility index (Phi) is 4.90. The van der Waals surface area contributed by atoms with Crippen LogP contribution in [0.1, 0.15) is 30.4 Å². The van der Waals surface area contributed by atoms with Crippen LogP contribution in [0, 0.1) is 24.0 Å². The van der Waals surface area contributed by atoms with Gasteiger partial charge in [0.15, 0.2) is 6.54 Å². The minimum Gasteiger partial charge on any atom is -0.327 e. The van der Waals surface area contributed by atoms with Gasteiger partial charge in [-0.1, -0.05) is 6.07 Å². The summed E-state index contributed by atoms with van der Waals surface area (Å²) in [5.74, 6) is -0.149. The quantitative estimate of drug-likeness (QED) is 0.647. The van der Waals surface area contributed by atoms with E-state index in [1.54, 1.807) is 13.0 Å². The first-order chi connectivity index (χ1) is 9.99. The topological polar surface area (TPSA) is 76.7 Å². The van der Waals surface area contributed by atoms with Gasteiger partial charge in [0.1, 0.15) is 5.69 Å². The van der Waals surface area contributed by atoms with Gasteiger partial charge in [-0.3, -0.25) is 14.9 Å². The normalized spacial score (nSPS) is 15.7. The van der Waals surface area contributed by atoms with E-state index in [4.69, 9.17) is 0 Å². The molecule has 0 bridgehead atoms.